The normalized spacial score (nSPS) is 10.7. The van der Waals surface area contributed by atoms with Crippen molar-refractivity contribution in [1.82, 2.24) is 15.1 Å². The Balaban J connectivity index is 1.80. The molecule has 3 aromatic carbocycles. The van der Waals surface area contributed by atoms with Gasteiger partial charge in [-0.15, -0.1) is 0 Å². The number of ether oxygens (including phenoxy) is 1. The molecule has 1 heterocycles. The van der Waals surface area contributed by atoms with E-state index in [0.29, 0.717) is 38.1 Å². The summed E-state index contributed by atoms with van der Waals surface area (Å²) in [5.41, 5.74) is 3.24. The summed E-state index contributed by atoms with van der Waals surface area (Å²) in [7, 11) is 0. The second kappa shape index (κ2) is 12.1. The Kier molecular flexibility index (Phi) is 8.66. The predicted molar refractivity (Wildman–Crippen MR) is 144 cm³/mol. The van der Waals surface area contributed by atoms with Gasteiger partial charge in [0.1, 0.15) is 6.61 Å². The van der Waals surface area contributed by atoms with E-state index >= 15 is 0 Å². The number of aliphatic carboxylic acids is 1. The summed E-state index contributed by atoms with van der Waals surface area (Å²) in [6.45, 7) is -0.612. The van der Waals surface area contributed by atoms with Gasteiger partial charge in [0.25, 0.3) is 5.91 Å². The average Bonchev–Trinajstić information content (AvgIpc) is 3.27. The van der Waals surface area contributed by atoms with Crippen molar-refractivity contribution in [3.8, 4) is 23.0 Å². The van der Waals surface area contributed by atoms with Gasteiger partial charge in [-0.25, -0.2) is 9.48 Å². The molecule has 38 heavy (non-hydrogen) atoms. The Hall–Kier alpha value is -3.87. The Morgan fingerprint density at radius 1 is 1.00 bits per heavy atom. The molecule has 0 saturated carbocycles. The number of amides is 1. The standard InChI is InChI=1S/C27H19Cl3N4O4/c28-19-7-5-18(6-8-19)26-21(14-38-15-24(35)36)25(33-34(26)23-10-9-20(29)11-22(23)30)27(37)32-13-17-3-1-16(12-31)2-4-17/h1-11H,13-15H2,(H,32,37)(H,35,36). The van der Waals surface area contributed by atoms with Crippen molar-refractivity contribution in [1.29, 1.82) is 5.26 Å². The number of aromatic nitrogens is 2. The van der Waals surface area contributed by atoms with Crippen LogP contribution >= 0.6 is 34.8 Å². The van der Waals surface area contributed by atoms with E-state index in [9.17, 15) is 9.59 Å². The van der Waals surface area contributed by atoms with Crippen LogP contribution in [0.1, 0.15) is 27.2 Å². The number of rotatable bonds is 9. The zero-order valence-corrected chi connectivity index (χ0v) is 21.9. The van der Waals surface area contributed by atoms with E-state index in [2.05, 4.69) is 10.4 Å². The summed E-state index contributed by atoms with van der Waals surface area (Å²) in [5, 5.41) is 26.7. The van der Waals surface area contributed by atoms with Gasteiger partial charge in [0.15, 0.2) is 5.69 Å². The first-order chi connectivity index (χ1) is 18.3. The molecule has 0 unspecified atom stereocenters. The number of nitriles is 1. The van der Waals surface area contributed by atoms with Gasteiger partial charge in [-0.05, 0) is 48.0 Å². The van der Waals surface area contributed by atoms with Crippen LogP contribution in [-0.2, 0) is 22.7 Å². The van der Waals surface area contributed by atoms with Gasteiger partial charge in [0, 0.05) is 27.7 Å². The van der Waals surface area contributed by atoms with Crippen LogP contribution in [0.5, 0.6) is 0 Å². The lowest BCUT2D eigenvalue weighted by atomic mass is 10.1. The first-order valence-electron chi connectivity index (χ1n) is 11.2. The molecule has 192 valence electrons. The lowest BCUT2D eigenvalue weighted by Crippen LogP contribution is -2.24. The molecule has 1 aromatic heterocycles. The highest BCUT2D eigenvalue weighted by molar-refractivity contribution is 6.35. The van der Waals surface area contributed by atoms with Gasteiger partial charge in [0.05, 0.1) is 34.6 Å². The van der Waals surface area contributed by atoms with Crippen LogP contribution in [0.2, 0.25) is 15.1 Å². The molecule has 0 aliphatic carbocycles. The molecule has 4 rings (SSSR count). The van der Waals surface area contributed by atoms with Crippen molar-refractivity contribution < 1.29 is 19.4 Å². The number of carbonyl (C=O) groups is 2. The van der Waals surface area contributed by atoms with Gasteiger partial charge < -0.3 is 15.2 Å². The minimum absolute atomic E-state index is 0.0278. The van der Waals surface area contributed by atoms with Crippen LogP contribution < -0.4 is 5.32 Å². The van der Waals surface area contributed by atoms with E-state index in [1.807, 2.05) is 6.07 Å². The number of carboxylic acids is 1. The van der Waals surface area contributed by atoms with Crippen molar-refractivity contribution in [2.24, 2.45) is 0 Å². The molecule has 4 aromatic rings. The van der Waals surface area contributed by atoms with Crippen LogP contribution in [0.4, 0.5) is 0 Å². The molecule has 0 saturated heterocycles. The highest BCUT2D eigenvalue weighted by Gasteiger charge is 2.26. The van der Waals surface area contributed by atoms with Gasteiger partial charge in [-0.3, -0.25) is 4.79 Å². The lowest BCUT2D eigenvalue weighted by molar-refractivity contribution is -0.142. The third kappa shape index (κ3) is 6.33. The molecule has 0 bridgehead atoms. The highest BCUT2D eigenvalue weighted by Crippen LogP contribution is 2.34. The maximum Gasteiger partial charge on any atom is 0.329 e. The third-order valence-electron chi connectivity index (χ3n) is 5.46. The largest absolute Gasteiger partial charge is 0.480 e. The molecule has 0 atom stereocenters. The Bertz CT molecular complexity index is 1530. The minimum Gasteiger partial charge on any atom is -0.480 e. The summed E-state index contributed by atoms with van der Waals surface area (Å²) in [5.74, 6) is -1.67. The highest BCUT2D eigenvalue weighted by atomic mass is 35.5. The average molecular weight is 570 g/mol. The van der Waals surface area contributed by atoms with Crippen LogP contribution in [0.15, 0.2) is 66.7 Å². The van der Waals surface area contributed by atoms with Gasteiger partial charge in [-0.1, -0.05) is 59.1 Å². The molecule has 0 fully saturated rings. The molecule has 1 amide bonds. The summed E-state index contributed by atoms with van der Waals surface area (Å²) >= 11 is 18.7. The topological polar surface area (TPSA) is 117 Å². The second-order valence-electron chi connectivity index (χ2n) is 8.07. The van der Waals surface area contributed by atoms with E-state index < -0.39 is 18.5 Å². The monoisotopic (exact) mass is 568 g/mol. The van der Waals surface area contributed by atoms with E-state index in [-0.39, 0.29) is 23.9 Å². The third-order valence-corrected chi connectivity index (χ3v) is 6.25. The number of carbonyl (C=O) groups excluding carboxylic acids is 1. The van der Waals surface area contributed by atoms with Crippen LogP contribution in [0, 0.1) is 11.3 Å². The number of nitrogens with zero attached hydrogens (tertiary/aromatic N) is 3. The molecule has 2 N–H and O–H groups in total. The fourth-order valence-electron chi connectivity index (χ4n) is 3.70. The summed E-state index contributed by atoms with van der Waals surface area (Å²) in [4.78, 5) is 24.5. The van der Waals surface area contributed by atoms with Crippen LogP contribution in [0.3, 0.4) is 0 Å². The van der Waals surface area contributed by atoms with E-state index in [1.54, 1.807) is 66.7 Å². The number of benzene rings is 3. The summed E-state index contributed by atoms with van der Waals surface area (Å²) in [6, 6.07) is 20.6. The number of nitrogens with one attached hydrogen (secondary N) is 1. The zero-order chi connectivity index (χ0) is 27.2. The molecule has 0 aliphatic rings. The van der Waals surface area contributed by atoms with Gasteiger partial charge in [0.2, 0.25) is 0 Å². The molecular weight excluding hydrogens is 551 g/mol. The molecule has 11 heteroatoms. The second-order valence-corrected chi connectivity index (χ2v) is 9.35. The number of halogens is 3. The zero-order valence-electron chi connectivity index (χ0n) is 19.6. The molecule has 0 radical (unpaired) electrons. The fourth-order valence-corrected chi connectivity index (χ4v) is 4.32. The van der Waals surface area contributed by atoms with Crippen molar-refractivity contribution in [3.63, 3.8) is 0 Å². The summed E-state index contributed by atoms with van der Waals surface area (Å²) in [6.07, 6.45) is 0. The predicted octanol–water partition coefficient (Wildman–Crippen LogP) is 5.90. The number of hydrogen-bond donors (Lipinski definition) is 2. The fraction of sp³-hybridized carbons (Fsp3) is 0.111. The molecule has 0 spiro atoms. The summed E-state index contributed by atoms with van der Waals surface area (Å²) < 4.78 is 6.90. The quantitative estimate of drug-likeness (QED) is 0.259. The maximum absolute atomic E-state index is 13.4. The SMILES string of the molecule is N#Cc1ccc(CNC(=O)c2nn(-c3ccc(Cl)cc3Cl)c(-c3ccc(Cl)cc3)c2COCC(=O)O)cc1. The Labute approximate surface area is 232 Å². The first-order valence-corrected chi connectivity index (χ1v) is 12.3. The van der Waals surface area contributed by atoms with E-state index in [4.69, 9.17) is 49.9 Å². The first kappa shape index (κ1) is 27.2. The molecule has 8 nitrogen and oxygen atoms in total. The van der Waals surface area contributed by atoms with Gasteiger partial charge >= 0.3 is 5.97 Å². The number of hydrogen-bond acceptors (Lipinski definition) is 5. The Morgan fingerprint density at radius 2 is 1.68 bits per heavy atom. The van der Waals surface area contributed by atoms with Crippen molar-refractivity contribution >= 4 is 46.7 Å². The van der Waals surface area contributed by atoms with Crippen LogP contribution in [-0.4, -0.2) is 33.4 Å². The van der Waals surface area contributed by atoms with E-state index in [1.165, 1.54) is 4.68 Å². The van der Waals surface area contributed by atoms with Gasteiger partial charge in [-0.2, -0.15) is 10.4 Å². The van der Waals surface area contributed by atoms with Crippen LogP contribution in [0.25, 0.3) is 16.9 Å². The minimum atomic E-state index is -1.15. The Morgan fingerprint density at radius 3 is 2.32 bits per heavy atom. The number of carboxylic acid groups (broad SMARTS) is 1. The van der Waals surface area contributed by atoms with E-state index in [0.717, 1.165) is 5.56 Å². The molecular formula is C27H19Cl3N4O4. The maximum atomic E-state index is 13.4. The smallest absolute Gasteiger partial charge is 0.329 e. The van der Waals surface area contributed by atoms with Crippen molar-refractivity contribution in [2.75, 3.05) is 6.61 Å². The van der Waals surface area contributed by atoms with Crippen molar-refractivity contribution in [3.05, 3.63) is 104 Å². The lowest BCUT2D eigenvalue weighted by Gasteiger charge is -2.12. The van der Waals surface area contributed by atoms with Crippen molar-refractivity contribution in [2.45, 2.75) is 13.2 Å². The molecule has 0 aliphatic heterocycles.